The van der Waals surface area contributed by atoms with E-state index in [9.17, 15) is 4.79 Å². The van der Waals surface area contributed by atoms with Crippen LogP contribution in [0.15, 0.2) is 83.9 Å². The number of aromatic nitrogens is 1. The molecule has 0 fully saturated rings. The van der Waals surface area contributed by atoms with Gasteiger partial charge in [0.1, 0.15) is 5.92 Å². The minimum absolute atomic E-state index is 0.229. The average Bonchev–Trinajstić information content (AvgIpc) is 3.21. The number of carbonyl (C=O) groups excluding carboxylic acids is 1. The maximum atomic E-state index is 12.8. The van der Waals surface area contributed by atoms with Crippen molar-refractivity contribution in [1.82, 2.24) is 4.98 Å². The molecule has 0 amide bonds. The second-order valence-electron chi connectivity index (χ2n) is 10.1. The van der Waals surface area contributed by atoms with Crippen LogP contribution in [-0.4, -0.2) is 30.3 Å². The number of hydrogen-bond donors (Lipinski definition) is 1. The highest BCUT2D eigenvalue weighted by Gasteiger charge is 2.36. The molecule has 0 radical (unpaired) electrons. The molecule has 184 valence electrons. The van der Waals surface area contributed by atoms with Crippen molar-refractivity contribution < 1.29 is 9.53 Å². The number of aliphatic imine (C=N–C) groups is 1. The summed E-state index contributed by atoms with van der Waals surface area (Å²) < 4.78 is 5.39. The summed E-state index contributed by atoms with van der Waals surface area (Å²) in [7, 11) is 0. The lowest BCUT2D eigenvalue weighted by Crippen LogP contribution is -2.24. The number of rotatable bonds is 7. The minimum atomic E-state index is -0.526. The highest BCUT2D eigenvalue weighted by atomic mass is 16.5. The largest absolute Gasteiger partial charge is 0.465 e. The Kier molecular flexibility index (Phi) is 6.64. The first kappa shape index (κ1) is 23.9. The van der Waals surface area contributed by atoms with E-state index in [0.29, 0.717) is 13.2 Å². The van der Waals surface area contributed by atoms with Gasteiger partial charge < -0.3 is 14.6 Å². The van der Waals surface area contributed by atoms with Gasteiger partial charge in [-0.2, -0.15) is 0 Å². The molecule has 1 unspecified atom stereocenters. The Balaban J connectivity index is 1.61. The summed E-state index contributed by atoms with van der Waals surface area (Å²) in [4.78, 5) is 23.4. The van der Waals surface area contributed by atoms with Gasteiger partial charge in [0, 0.05) is 53.5 Å². The molecule has 1 N–H and O–H groups in total. The molecule has 0 spiro atoms. The predicted octanol–water partition coefficient (Wildman–Crippen LogP) is 6.38. The molecule has 0 saturated heterocycles. The highest BCUT2D eigenvalue weighted by Crippen LogP contribution is 2.40. The second kappa shape index (κ2) is 10.0. The van der Waals surface area contributed by atoms with E-state index in [4.69, 9.17) is 4.74 Å². The van der Waals surface area contributed by atoms with Crippen LogP contribution >= 0.6 is 0 Å². The summed E-state index contributed by atoms with van der Waals surface area (Å²) >= 11 is 0. The van der Waals surface area contributed by atoms with E-state index in [0.717, 1.165) is 40.9 Å². The molecule has 2 heterocycles. The summed E-state index contributed by atoms with van der Waals surface area (Å²) in [6, 6.07) is 27.7. The topological polar surface area (TPSA) is 57.7 Å². The van der Waals surface area contributed by atoms with Crippen LogP contribution in [0.1, 0.15) is 49.1 Å². The third-order valence-electron chi connectivity index (χ3n) is 6.88. The van der Waals surface area contributed by atoms with Crippen LogP contribution < -0.4 is 4.90 Å². The average molecular weight is 480 g/mol. The third kappa shape index (κ3) is 4.78. The summed E-state index contributed by atoms with van der Waals surface area (Å²) in [6.45, 7) is 8.79. The van der Waals surface area contributed by atoms with Gasteiger partial charge in [0.2, 0.25) is 0 Å². The van der Waals surface area contributed by atoms with E-state index in [1.807, 2.05) is 6.92 Å². The molecule has 1 atom stereocenters. The molecule has 1 aromatic heterocycles. The molecular weight excluding hydrogens is 446 g/mol. The van der Waals surface area contributed by atoms with Crippen LogP contribution in [0.2, 0.25) is 0 Å². The summed E-state index contributed by atoms with van der Waals surface area (Å²) in [5.41, 5.74) is 6.51. The molecule has 0 saturated carbocycles. The van der Waals surface area contributed by atoms with Crippen molar-refractivity contribution in [2.75, 3.05) is 18.1 Å². The van der Waals surface area contributed by atoms with Crippen LogP contribution in [-0.2, 0) is 28.0 Å². The Morgan fingerprint density at radius 1 is 1.00 bits per heavy atom. The molecule has 3 aromatic carbocycles. The summed E-state index contributed by atoms with van der Waals surface area (Å²) in [6.07, 6.45) is 1.75. The van der Waals surface area contributed by atoms with Gasteiger partial charge in [-0.3, -0.25) is 9.79 Å². The van der Waals surface area contributed by atoms with Crippen molar-refractivity contribution in [2.45, 2.75) is 45.2 Å². The van der Waals surface area contributed by atoms with Gasteiger partial charge in [0.25, 0.3) is 0 Å². The number of benzene rings is 3. The third-order valence-corrected chi connectivity index (χ3v) is 6.88. The van der Waals surface area contributed by atoms with Crippen molar-refractivity contribution >= 4 is 28.8 Å². The first-order valence-corrected chi connectivity index (χ1v) is 12.6. The van der Waals surface area contributed by atoms with Crippen molar-refractivity contribution in [1.29, 1.82) is 0 Å². The van der Waals surface area contributed by atoms with Crippen molar-refractivity contribution in [3.63, 3.8) is 0 Å². The number of carbonyl (C=O) groups is 1. The number of nitrogens with zero attached hydrogens (tertiary/aromatic N) is 2. The van der Waals surface area contributed by atoms with E-state index in [1.165, 1.54) is 11.1 Å². The molecular formula is C31H33N3O2. The number of H-pyrrole nitrogens is 1. The predicted molar refractivity (Wildman–Crippen MR) is 147 cm³/mol. The maximum absolute atomic E-state index is 12.8. The van der Waals surface area contributed by atoms with Crippen LogP contribution in [0.3, 0.4) is 0 Å². The fourth-order valence-electron chi connectivity index (χ4n) is 5.16. The zero-order valence-electron chi connectivity index (χ0n) is 21.2. The van der Waals surface area contributed by atoms with E-state index in [1.54, 1.807) is 6.21 Å². The Hall–Kier alpha value is -3.86. The van der Waals surface area contributed by atoms with E-state index < -0.39 is 5.92 Å². The van der Waals surface area contributed by atoms with Crippen LogP contribution in [0, 0.1) is 0 Å². The fraction of sp³-hybridized carbons (Fsp3) is 0.290. The van der Waals surface area contributed by atoms with Crippen molar-refractivity contribution in [2.24, 2.45) is 4.99 Å². The SMILES string of the molecule is CCOC(=O)C1C=NCC(C)(C)c2c1[nH]c1ccc(N(Cc3ccccc3)Cc3ccccc3)cc21. The van der Waals surface area contributed by atoms with Gasteiger partial charge in [-0.1, -0.05) is 74.5 Å². The molecule has 0 bridgehead atoms. The fourth-order valence-corrected chi connectivity index (χ4v) is 5.16. The van der Waals surface area contributed by atoms with Crippen LogP contribution in [0.25, 0.3) is 10.9 Å². The maximum Gasteiger partial charge on any atom is 0.320 e. The van der Waals surface area contributed by atoms with Gasteiger partial charge in [-0.05, 0) is 41.8 Å². The first-order chi connectivity index (χ1) is 17.5. The lowest BCUT2D eigenvalue weighted by Gasteiger charge is -2.27. The zero-order chi connectivity index (χ0) is 25.1. The smallest absolute Gasteiger partial charge is 0.320 e. The highest BCUT2D eigenvalue weighted by molar-refractivity contribution is 6.00. The number of anilines is 1. The number of ether oxygens (including phenoxy) is 1. The van der Waals surface area contributed by atoms with E-state index >= 15 is 0 Å². The van der Waals surface area contributed by atoms with Gasteiger partial charge in [-0.25, -0.2) is 0 Å². The summed E-state index contributed by atoms with van der Waals surface area (Å²) in [5.74, 6) is -0.788. The number of esters is 1. The molecule has 1 aliphatic heterocycles. The monoisotopic (exact) mass is 479 g/mol. The standard InChI is InChI=1S/C31H33N3O2/c1-4-36-30(35)26-18-32-21-31(2,3)28-25-17-24(15-16-27(25)33-29(26)28)34(19-22-11-7-5-8-12-22)20-23-13-9-6-10-14-23/h5-18,26,33H,4,19-21H2,1-3H3. The molecule has 5 nitrogen and oxygen atoms in total. The van der Waals surface area contributed by atoms with E-state index in [-0.39, 0.29) is 11.4 Å². The molecule has 5 heteroatoms. The van der Waals surface area contributed by atoms with Crippen LogP contribution in [0.4, 0.5) is 5.69 Å². The summed E-state index contributed by atoms with van der Waals surface area (Å²) in [5, 5.41) is 1.14. The van der Waals surface area contributed by atoms with Gasteiger partial charge in [0.05, 0.1) is 6.61 Å². The molecule has 1 aliphatic rings. The molecule has 5 rings (SSSR count). The molecule has 4 aromatic rings. The Morgan fingerprint density at radius 2 is 1.64 bits per heavy atom. The zero-order valence-corrected chi connectivity index (χ0v) is 21.2. The normalized spacial score (nSPS) is 16.4. The quantitative estimate of drug-likeness (QED) is 0.313. The molecule has 0 aliphatic carbocycles. The first-order valence-electron chi connectivity index (χ1n) is 12.6. The van der Waals surface area contributed by atoms with Crippen LogP contribution in [0.5, 0.6) is 0 Å². The minimum Gasteiger partial charge on any atom is -0.465 e. The lowest BCUT2D eigenvalue weighted by atomic mass is 9.81. The Morgan fingerprint density at radius 3 is 2.25 bits per heavy atom. The number of nitrogens with one attached hydrogen (secondary N) is 1. The van der Waals surface area contributed by atoms with Crippen molar-refractivity contribution in [3.05, 3.63) is 101 Å². The molecule has 36 heavy (non-hydrogen) atoms. The second-order valence-corrected chi connectivity index (χ2v) is 10.1. The Bertz CT molecular complexity index is 1330. The number of aromatic amines is 1. The number of hydrogen-bond acceptors (Lipinski definition) is 4. The van der Waals surface area contributed by atoms with Crippen molar-refractivity contribution in [3.8, 4) is 0 Å². The van der Waals surface area contributed by atoms with Gasteiger partial charge in [-0.15, -0.1) is 0 Å². The number of fused-ring (bicyclic) bond motifs is 3. The van der Waals surface area contributed by atoms with E-state index in [2.05, 4.69) is 108 Å². The van der Waals surface area contributed by atoms with Gasteiger partial charge >= 0.3 is 5.97 Å². The lowest BCUT2D eigenvalue weighted by molar-refractivity contribution is -0.143. The van der Waals surface area contributed by atoms with Gasteiger partial charge in [0.15, 0.2) is 0 Å². The Labute approximate surface area is 212 Å².